The molecule has 3 rings (SSSR count). The highest BCUT2D eigenvalue weighted by molar-refractivity contribution is 6.22. The van der Waals surface area contributed by atoms with Crippen molar-refractivity contribution in [3.63, 3.8) is 0 Å². The molecule has 0 unspecified atom stereocenters. The number of hydrogen-bond acceptors (Lipinski definition) is 1. The van der Waals surface area contributed by atoms with Gasteiger partial charge in [-0.15, -0.1) is 0 Å². The zero-order valence-electron chi connectivity index (χ0n) is 10.1. The molecule has 0 spiro atoms. The summed E-state index contributed by atoms with van der Waals surface area (Å²) < 4.78 is 0. The van der Waals surface area contributed by atoms with Crippen molar-refractivity contribution in [1.29, 1.82) is 0 Å². The zero-order chi connectivity index (χ0) is 12.5. The van der Waals surface area contributed by atoms with Gasteiger partial charge in [-0.3, -0.25) is 9.69 Å². The molecule has 0 saturated carbocycles. The summed E-state index contributed by atoms with van der Waals surface area (Å²) >= 11 is 0. The standard InChI is InChI=1S/C16H13NO/c1-2-15-13-10-6-7-11-14(13)16(18)17(15)12-8-4-3-5-9-12/h2-11H,1H3. The van der Waals surface area contributed by atoms with Crippen LogP contribution >= 0.6 is 0 Å². The van der Waals surface area contributed by atoms with E-state index in [1.165, 1.54) is 0 Å². The molecule has 0 fully saturated rings. The van der Waals surface area contributed by atoms with Crippen LogP contribution in [0.15, 0.2) is 60.7 Å². The number of para-hydroxylation sites is 1. The molecule has 0 atom stereocenters. The lowest BCUT2D eigenvalue weighted by molar-refractivity contribution is 0.101. The summed E-state index contributed by atoms with van der Waals surface area (Å²) in [7, 11) is 0. The summed E-state index contributed by atoms with van der Waals surface area (Å²) in [5, 5.41) is 0. The van der Waals surface area contributed by atoms with Crippen LogP contribution in [0.25, 0.3) is 5.70 Å². The van der Waals surface area contributed by atoms with Gasteiger partial charge in [0.25, 0.3) is 5.91 Å². The van der Waals surface area contributed by atoms with E-state index >= 15 is 0 Å². The molecular weight excluding hydrogens is 222 g/mol. The van der Waals surface area contributed by atoms with Crippen LogP contribution in [0.5, 0.6) is 0 Å². The van der Waals surface area contributed by atoms with Crippen molar-refractivity contribution in [2.45, 2.75) is 6.92 Å². The Labute approximate surface area is 106 Å². The summed E-state index contributed by atoms with van der Waals surface area (Å²) in [4.78, 5) is 14.2. The fraction of sp³-hybridized carbons (Fsp3) is 0.0625. The third kappa shape index (κ3) is 1.46. The van der Waals surface area contributed by atoms with E-state index in [0.717, 1.165) is 22.5 Å². The minimum Gasteiger partial charge on any atom is -0.277 e. The zero-order valence-corrected chi connectivity index (χ0v) is 10.1. The Morgan fingerprint density at radius 1 is 0.889 bits per heavy atom. The number of fused-ring (bicyclic) bond motifs is 1. The number of carbonyl (C=O) groups excluding carboxylic acids is 1. The second kappa shape index (κ2) is 4.15. The van der Waals surface area contributed by atoms with Crippen molar-refractivity contribution >= 4 is 17.3 Å². The highest BCUT2D eigenvalue weighted by atomic mass is 16.2. The van der Waals surface area contributed by atoms with Gasteiger partial charge in [0.05, 0.1) is 5.70 Å². The number of hydrogen-bond donors (Lipinski definition) is 0. The van der Waals surface area contributed by atoms with Gasteiger partial charge in [-0.1, -0.05) is 42.5 Å². The molecule has 0 aliphatic carbocycles. The number of carbonyl (C=O) groups is 1. The molecular formula is C16H13NO. The van der Waals surface area contributed by atoms with Crippen molar-refractivity contribution < 1.29 is 4.79 Å². The lowest BCUT2D eigenvalue weighted by atomic mass is 10.1. The van der Waals surface area contributed by atoms with Crippen molar-refractivity contribution in [2.75, 3.05) is 4.90 Å². The third-order valence-electron chi connectivity index (χ3n) is 3.17. The van der Waals surface area contributed by atoms with E-state index in [2.05, 4.69) is 0 Å². The van der Waals surface area contributed by atoms with Crippen molar-refractivity contribution in [2.24, 2.45) is 0 Å². The number of nitrogens with zero attached hydrogens (tertiary/aromatic N) is 1. The molecule has 1 amide bonds. The molecule has 0 radical (unpaired) electrons. The SMILES string of the molecule is CC=C1c2ccccc2C(=O)N1c1ccccc1. The van der Waals surface area contributed by atoms with Crippen LogP contribution in [-0.2, 0) is 0 Å². The minimum absolute atomic E-state index is 0.0462. The molecule has 88 valence electrons. The predicted octanol–water partition coefficient (Wildman–Crippen LogP) is 3.71. The molecule has 2 nitrogen and oxygen atoms in total. The van der Waals surface area contributed by atoms with Crippen LogP contribution in [0, 0.1) is 0 Å². The molecule has 18 heavy (non-hydrogen) atoms. The second-order valence-electron chi connectivity index (χ2n) is 4.20. The maximum absolute atomic E-state index is 12.5. The molecule has 2 aromatic carbocycles. The van der Waals surface area contributed by atoms with E-state index in [-0.39, 0.29) is 5.91 Å². The highest BCUT2D eigenvalue weighted by Gasteiger charge is 2.32. The molecule has 0 N–H and O–H groups in total. The molecule has 1 aliphatic rings. The van der Waals surface area contributed by atoms with E-state index in [4.69, 9.17) is 0 Å². The van der Waals surface area contributed by atoms with Gasteiger partial charge < -0.3 is 0 Å². The molecule has 0 saturated heterocycles. The van der Waals surface area contributed by atoms with Gasteiger partial charge in [-0.05, 0) is 25.1 Å². The topological polar surface area (TPSA) is 20.3 Å². The fourth-order valence-electron chi connectivity index (χ4n) is 2.36. The second-order valence-corrected chi connectivity index (χ2v) is 4.20. The fourth-order valence-corrected chi connectivity index (χ4v) is 2.36. The number of benzene rings is 2. The summed E-state index contributed by atoms with van der Waals surface area (Å²) in [6, 6.07) is 17.5. The number of amides is 1. The van der Waals surface area contributed by atoms with Crippen LogP contribution in [0.1, 0.15) is 22.8 Å². The van der Waals surface area contributed by atoms with Crippen LogP contribution in [0.4, 0.5) is 5.69 Å². The molecule has 1 aliphatic heterocycles. The Kier molecular flexibility index (Phi) is 2.49. The van der Waals surface area contributed by atoms with E-state index in [9.17, 15) is 4.79 Å². The van der Waals surface area contributed by atoms with Crippen molar-refractivity contribution in [3.05, 3.63) is 71.8 Å². The van der Waals surface area contributed by atoms with Crippen LogP contribution in [0.3, 0.4) is 0 Å². The maximum atomic E-state index is 12.5. The van der Waals surface area contributed by atoms with E-state index < -0.39 is 0 Å². The first-order valence-corrected chi connectivity index (χ1v) is 5.98. The molecule has 2 heteroatoms. The van der Waals surface area contributed by atoms with Gasteiger partial charge in [-0.25, -0.2) is 0 Å². The quantitative estimate of drug-likeness (QED) is 0.738. The first kappa shape index (κ1) is 10.8. The van der Waals surface area contributed by atoms with Gasteiger partial charge in [-0.2, -0.15) is 0 Å². The molecule has 2 aromatic rings. The molecule has 0 aromatic heterocycles. The first-order chi connectivity index (χ1) is 8.83. The summed E-state index contributed by atoms with van der Waals surface area (Å²) in [6.45, 7) is 1.96. The Balaban J connectivity index is 2.18. The van der Waals surface area contributed by atoms with Gasteiger partial charge in [0.2, 0.25) is 0 Å². The third-order valence-corrected chi connectivity index (χ3v) is 3.17. The monoisotopic (exact) mass is 235 g/mol. The van der Waals surface area contributed by atoms with Gasteiger partial charge in [0, 0.05) is 16.8 Å². The number of anilines is 1. The van der Waals surface area contributed by atoms with Crippen molar-refractivity contribution in [1.82, 2.24) is 0 Å². The summed E-state index contributed by atoms with van der Waals surface area (Å²) in [5.74, 6) is 0.0462. The average molecular weight is 235 g/mol. The van der Waals surface area contributed by atoms with Crippen LogP contribution in [-0.4, -0.2) is 5.91 Å². The van der Waals surface area contributed by atoms with Gasteiger partial charge >= 0.3 is 0 Å². The highest BCUT2D eigenvalue weighted by Crippen LogP contribution is 2.36. The lowest BCUT2D eigenvalue weighted by Gasteiger charge is -2.18. The average Bonchev–Trinajstić information content (AvgIpc) is 2.73. The Morgan fingerprint density at radius 2 is 1.50 bits per heavy atom. The van der Waals surface area contributed by atoms with E-state index in [0.29, 0.717) is 0 Å². The van der Waals surface area contributed by atoms with Crippen molar-refractivity contribution in [3.8, 4) is 0 Å². The lowest BCUT2D eigenvalue weighted by Crippen LogP contribution is -2.22. The number of allylic oxidation sites excluding steroid dienone is 1. The first-order valence-electron chi connectivity index (χ1n) is 5.98. The van der Waals surface area contributed by atoms with Gasteiger partial charge in [0.15, 0.2) is 0 Å². The Hall–Kier alpha value is -2.35. The van der Waals surface area contributed by atoms with Gasteiger partial charge in [0.1, 0.15) is 0 Å². The largest absolute Gasteiger partial charge is 0.277 e. The van der Waals surface area contributed by atoms with E-state index in [1.54, 1.807) is 4.90 Å². The Morgan fingerprint density at radius 3 is 2.17 bits per heavy atom. The molecule has 1 heterocycles. The predicted molar refractivity (Wildman–Crippen MR) is 73.3 cm³/mol. The van der Waals surface area contributed by atoms with Crippen LogP contribution < -0.4 is 4.90 Å². The molecule has 0 bridgehead atoms. The maximum Gasteiger partial charge on any atom is 0.263 e. The minimum atomic E-state index is 0.0462. The smallest absolute Gasteiger partial charge is 0.263 e. The van der Waals surface area contributed by atoms with Crippen LogP contribution in [0.2, 0.25) is 0 Å². The summed E-state index contributed by atoms with van der Waals surface area (Å²) in [6.07, 6.45) is 1.98. The van der Waals surface area contributed by atoms with E-state index in [1.807, 2.05) is 67.6 Å². The summed E-state index contributed by atoms with van der Waals surface area (Å²) in [5.41, 5.74) is 3.65. The number of rotatable bonds is 1. The normalized spacial score (nSPS) is 16.2. The Bertz CT molecular complexity index is 629.